The summed E-state index contributed by atoms with van der Waals surface area (Å²) >= 11 is 0. The molecule has 2 aromatic heterocycles. The number of nitrogens with zero attached hydrogens (tertiary/aromatic N) is 4. The third-order valence-corrected chi connectivity index (χ3v) is 4.50. The number of aryl methyl sites for hydroxylation is 4. The normalized spacial score (nSPS) is 11.3. The molecule has 0 amide bonds. The minimum atomic E-state index is 0.942. The molecule has 0 radical (unpaired) electrons. The van der Waals surface area contributed by atoms with Crippen LogP contribution in [0.15, 0.2) is 49.1 Å². The molecule has 0 aliphatic rings. The van der Waals surface area contributed by atoms with Gasteiger partial charge in [0.05, 0.1) is 23.0 Å². The Labute approximate surface area is 141 Å². The van der Waals surface area contributed by atoms with Crippen molar-refractivity contribution >= 4 is 11.0 Å². The van der Waals surface area contributed by atoms with Gasteiger partial charge < -0.3 is 4.57 Å². The molecule has 4 aromatic rings. The van der Waals surface area contributed by atoms with E-state index in [4.69, 9.17) is 0 Å². The van der Waals surface area contributed by atoms with Crippen molar-refractivity contribution in [2.45, 2.75) is 20.8 Å². The van der Waals surface area contributed by atoms with E-state index >= 15 is 0 Å². The van der Waals surface area contributed by atoms with Gasteiger partial charge >= 0.3 is 0 Å². The fourth-order valence-electron chi connectivity index (χ4n) is 3.53. The van der Waals surface area contributed by atoms with Gasteiger partial charge in [-0.15, -0.1) is 0 Å². The smallest absolute Gasteiger partial charge is 0.144 e. The monoisotopic (exact) mass is 316 g/mol. The van der Waals surface area contributed by atoms with E-state index < -0.39 is 0 Å². The van der Waals surface area contributed by atoms with E-state index in [1.165, 1.54) is 22.4 Å². The molecule has 0 spiro atoms. The first-order valence-corrected chi connectivity index (χ1v) is 8.07. The molecule has 0 N–H and O–H groups in total. The fraction of sp³-hybridized carbons (Fsp3) is 0.200. The van der Waals surface area contributed by atoms with Crippen molar-refractivity contribution in [2.75, 3.05) is 0 Å². The molecule has 0 aliphatic carbocycles. The zero-order valence-corrected chi connectivity index (χ0v) is 14.4. The van der Waals surface area contributed by atoms with Crippen LogP contribution >= 0.6 is 0 Å². The van der Waals surface area contributed by atoms with Crippen LogP contribution in [0.25, 0.3) is 28.1 Å². The SMILES string of the molecule is Cc1cc(C)c(-n2ccnc2-c2ccc3c(c2)ncn3C)c(C)c1. The standard InChI is InChI=1S/C20H20N4/c1-13-9-14(2)19(15(3)10-13)24-8-7-21-20(24)16-5-6-18-17(11-16)22-12-23(18)4/h5-12H,1-4H3. The molecule has 0 atom stereocenters. The average Bonchev–Trinajstić information content (AvgIpc) is 3.13. The van der Waals surface area contributed by atoms with Crippen molar-refractivity contribution in [1.29, 1.82) is 0 Å². The lowest BCUT2D eigenvalue weighted by Gasteiger charge is -2.15. The predicted molar refractivity (Wildman–Crippen MR) is 97.5 cm³/mol. The molecule has 24 heavy (non-hydrogen) atoms. The van der Waals surface area contributed by atoms with E-state index in [0.717, 1.165) is 22.4 Å². The Hall–Kier alpha value is -2.88. The summed E-state index contributed by atoms with van der Waals surface area (Å²) in [5, 5.41) is 0. The molecule has 0 unspecified atom stereocenters. The topological polar surface area (TPSA) is 35.6 Å². The Balaban J connectivity index is 1.91. The third-order valence-electron chi connectivity index (χ3n) is 4.50. The van der Waals surface area contributed by atoms with Gasteiger partial charge in [0.2, 0.25) is 0 Å². The summed E-state index contributed by atoms with van der Waals surface area (Å²) in [5.74, 6) is 0.942. The second-order valence-electron chi connectivity index (χ2n) is 6.43. The Morgan fingerprint density at radius 1 is 0.917 bits per heavy atom. The number of hydrogen-bond donors (Lipinski definition) is 0. The van der Waals surface area contributed by atoms with Gasteiger partial charge in [0.25, 0.3) is 0 Å². The Morgan fingerprint density at radius 3 is 2.42 bits per heavy atom. The summed E-state index contributed by atoms with van der Waals surface area (Å²) in [5.41, 5.74) is 8.18. The van der Waals surface area contributed by atoms with Crippen LogP contribution in [0.5, 0.6) is 0 Å². The van der Waals surface area contributed by atoms with E-state index in [0.29, 0.717) is 0 Å². The maximum atomic E-state index is 4.61. The average molecular weight is 316 g/mol. The number of rotatable bonds is 2. The van der Waals surface area contributed by atoms with Crippen molar-refractivity contribution in [3.63, 3.8) is 0 Å². The molecule has 0 saturated carbocycles. The van der Waals surface area contributed by atoms with Gasteiger partial charge in [-0.25, -0.2) is 9.97 Å². The maximum absolute atomic E-state index is 4.61. The second-order valence-corrected chi connectivity index (χ2v) is 6.43. The number of imidazole rings is 2. The van der Waals surface area contributed by atoms with Crippen molar-refractivity contribution in [3.8, 4) is 17.1 Å². The second kappa shape index (κ2) is 5.34. The van der Waals surface area contributed by atoms with Gasteiger partial charge in [0.15, 0.2) is 0 Å². The summed E-state index contributed by atoms with van der Waals surface area (Å²) in [6, 6.07) is 10.8. The van der Waals surface area contributed by atoms with Gasteiger partial charge in [-0.3, -0.25) is 4.57 Å². The highest BCUT2D eigenvalue weighted by Gasteiger charge is 2.13. The molecule has 2 heterocycles. The molecular weight excluding hydrogens is 296 g/mol. The molecule has 0 fully saturated rings. The van der Waals surface area contributed by atoms with Crippen LogP contribution in [0, 0.1) is 20.8 Å². The van der Waals surface area contributed by atoms with Crippen LogP contribution in [0.4, 0.5) is 0 Å². The van der Waals surface area contributed by atoms with Crippen LogP contribution in [0.2, 0.25) is 0 Å². The first-order chi connectivity index (χ1) is 11.5. The zero-order chi connectivity index (χ0) is 16.8. The largest absolute Gasteiger partial charge is 0.334 e. The van der Waals surface area contributed by atoms with Gasteiger partial charge in [0.1, 0.15) is 5.82 Å². The lowest BCUT2D eigenvalue weighted by Crippen LogP contribution is -2.02. The van der Waals surface area contributed by atoms with E-state index in [2.05, 4.69) is 65.6 Å². The lowest BCUT2D eigenvalue weighted by molar-refractivity contribution is 0.947. The predicted octanol–water partition coefficient (Wildman–Crippen LogP) is 4.35. The molecule has 0 bridgehead atoms. The van der Waals surface area contributed by atoms with Crippen molar-refractivity contribution in [2.24, 2.45) is 7.05 Å². The number of benzene rings is 2. The molecule has 0 saturated heterocycles. The van der Waals surface area contributed by atoms with E-state index in [1.54, 1.807) is 0 Å². The van der Waals surface area contributed by atoms with Crippen LogP contribution in [0.1, 0.15) is 16.7 Å². The quantitative estimate of drug-likeness (QED) is 0.551. The first-order valence-electron chi connectivity index (χ1n) is 8.07. The molecule has 2 aromatic carbocycles. The maximum Gasteiger partial charge on any atom is 0.144 e. The van der Waals surface area contributed by atoms with Crippen LogP contribution < -0.4 is 0 Å². The highest BCUT2D eigenvalue weighted by molar-refractivity contribution is 5.81. The van der Waals surface area contributed by atoms with E-state index in [9.17, 15) is 0 Å². The fourth-order valence-corrected chi connectivity index (χ4v) is 3.53. The number of hydrogen-bond acceptors (Lipinski definition) is 2. The number of aromatic nitrogens is 4. The number of fused-ring (bicyclic) bond motifs is 1. The van der Waals surface area contributed by atoms with Gasteiger partial charge in [0, 0.05) is 25.0 Å². The molecule has 4 rings (SSSR count). The summed E-state index contributed by atoms with van der Waals surface area (Å²) in [6.45, 7) is 6.44. The van der Waals surface area contributed by atoms with Crippen LogP contribution in [0.3, 0.4) is 0 Å². The Morgan fingerprint density at radius 2 is 1.67 bits per heavy atom. The van der Waals surface area contributed by atoms with E-state index in [1.807, 2.05) is 30.3 Å². The van der Waals surface area contributed by atoms with E-state index in [-0.39, 0.29) is 0 Å². The zero-order valence-electron chi connectivity index (χ0n) is 14.4. The van der Waals surface area contributed by atoms with Gasteiger partial charge in [-0.05, 0) is 50.1 Å². The van der Waals surface area contributed by atoms with Crippen LogP contribution in [-0.2, 0) is 7.05 Å². The summed E-state index contributed by atoms with van der Waals surface area (Å²) in [7, 11) is 2.01. The Kier molecular flexibility index (Phi) is 3.27. The van der Waals surface area contributed by atoms with Gasteiger partial charge in [-0.1, -0.05) is 17.7 Å². The van der Waals surface area contributed by atoms with Crippen molar-refractivity contribution < 1.29 is 0 Å². The molecule has 0 aliphatic heterocycles. The molecular formula is C20H20N4. The summed E-state index contributed by atoms with van der Waals surface area (Å²) in [4.78, 5) is 9.07. The summed E-state index contributed by atoms with van der Waals surface area (Å²) < 4.78 is 4.20. The highest BCUT2D eigenvalue weighted by atomic mass is 15.1. The highest BCUT2D eigenvalue weighted by Crippen LogP contribution is 2.28. The third kappa shape index (κ3) is 2.22. The molecule has 4 heteroatoms. The summed E-state index contributed by atoms with van der Waals surface area (Å²) in [6.07, 6.45) is 5.73. The molecule has 4 nitrogen and oxygen atoms in total. The van der Waals surface area contributed by atoms with Crippen molar-refractivity contribution in [3.05, 3.63) is 65.7 Å². The Bertz CT molecular complexity index is 1030. The van der Waals surface area contributed by atoms with Crippen molar-refractivity contribution in [1.82, 2.24) is 19.1 Å². The minimum absolute atomic E-state index is 0.942. The van der Waals surface area contributed by atoms with Crippen LogP contribution in [-0.4, -0.2) is 19.1 Å². The first kappa shape index (κ1) is 14.7. The minimum Gasteiger partial charge on any atom is -0.334 e. The van der Waals surface area contributed by atoms with Gasteiger partial charge in [-0.2, -0.15) is 0 Å². The lowest BCUT2D eigenvalue weighted by atomic mass is 10.0. The molecule has 120 valence electrons.